The molecule has 0 atom stereocenters. The Bertz CT molecular complexity index is 140. The number of carbonyl (C=O) groups is 1. The summed E-state index contributed by atoms with van der Waals surface area (Å²) in [6.07, 6.45) is 5.98. The van der Waals surface area contributed by atoms with Crippen LogP contribution in [0.4, 0.5) is 0 Å². The van der Waals surface area contributed by atoms with Gasteiger partial charge in [-0.15, -0.1) is 0 Å². The molecule has 0 heterocycles. The molecule has 0 saturated heterocycles. The van der Waals surface area contributed by atoms with E-state index in [1.807, 2.05) is 6.92 Å². The van der Waals surface area contributed by atoms with Crippen molar-refractivity contribution in [3.8, 4) is 0 Å². The van der Waals surface area contributed by atoms with Crippen LogP contribution < -0.4 is 59.1 Å². The normalized spacial score (nSPS) is 8.90. The second-order valence-electron chi connectivity index (χ2n) is 1.22. The van der Waals surface area contributed by atoms with E-state index in [0.29, 0.717) is 0 Å². The molecule has 0 aromatic carbocycles. The van der Waals surface area contributed by atoms with Crippen LogP contribution in [0.3, 0.4) is 0 Å². The maximum atomic E-state index is 9.75. The van der Waals surface area contributed by atoms with Gasteiger partial charge in [0.05, 0.1) is 0 Å². The fourth-order valence-electron chi connectivity index (χ4n) is 0.249. The van der Waals surface area contributed by atoms with Gasteiger partial charge in [-0.3, -0.25) is 0 Å². The smallest absolute Gasteiger partial charge is 1.00 e. The predicted octanol–water partition coefficient (Wildman–Crippen LogP) is -4.45. The summed E-state index contributed by atoms with van der Waals surface area (Å²) in [4.78, 5) is 9.75. The number of aliphatic carboxylic acids is 1. The number of carboxylic acid groups (broad SMARTS) is 1. The number of hydrogen-bond donors (Lipinski definition) is 1. The SMILES string of the molecule is C/C=C/C=C/C(=O)O.[H+].[H-].[H-].[Na+].[Na+]. The molecule has 0 aliphatic rings. The number of rotatable bonds is 2. The van der Waals surface area contributed by atoms with E-state index in [9.17, 15) is 4.79 Å². The molecule has 4 heteroatoms. The van der Waals surface area contributed by atoms with Gasteiger partial charge in [0.2, 0.25) is 0 Å². The van der Waals surface area contributed by atoms with E-state index in [4.69, 9.17) is 5.11 Å². The van der Waals surface area contributed by atoms with Gasteiger partial charge in [0.25, 0.3) is 0 Å². The van der Waals surface area contributed by atoms with Crippen molar-refractivity contribution in [1.82, 2.24) is 0 Å². The van der Waals surface area contributed by atoms with Crippen molar-refractivity contribution in [2.24, 2.45) is 0 Å². The third-order valence-corrected chi connectivity index (χ3v) is 0.542. The Labute approximate surface area is 109 Å². The standard InChI is InChI=1S/C6H8O2.2Na.2H/c1-2-3-4-5-6(7)8;;;;/h2-5H,1H3,(H,7,8);;;;/q;2*+1;2*-1/p+1/b3-2+,5-4+;;;;. The van der Waals surface area contributed by atoms with Gasteiger partial charge < -0.3 is 7.96 Å². The maximum absolute atomic E-state index is 9.75. The zero-order valence-electron chi connectivity index (χ0n) is 9.66. The van der Waals surface area contributed by atoms with Crippen LogP contribution in [-0.2, 0) is 4.79 Å². The van der Waals surface area contributed by atoms with Gasteiger partial charge in [-0.05, 0) is 6.92 Å². The van der Waals surface area contributed by atoms with Crippen molar-refractivity contribution in [2.75, 3.05) is 0 Å². The van der Waals surface area contributed by atoms with Crippen LogP contribution in [-0.4, -0.2) is 11.1 Å². The van der Waals surface area contributed by atoms with Gasteiger partial charge in [0, 0.05) is 6.08 Å². The molecule has 10 heavy (non-hydrogen) atoms. The summed E-state index contributed by atoms with van der Waals surface area (Å²) in [6, 6.07) is 0. The Morgan fingerprint density at radius 2 is 2.00 bits per heavy atom. The quantitative estimate of drug-likeness (QED) is 0.252. The van der Waals surface area contributed by atoms with Crippen LogP contribution in [0, 0.1) is 0 Å². The molecule has 2 nitrogen and oxygen atoms in total. The topological polar surface area (TPSA) is 37.3 Å². The minimum atomic E-state index is -0.914. The number of allylic oxidation sites excluding steroid dienone is 3. The monoisotopic (exact) mass is 161 g/mol. The molecule has 48 valence electrons. The molecule has 0 amide bonds. The van der Waals surface area contributed by atoms with E-state index < -0.39 is 5.97 Å². The average molecular weight is 161 g/mol. The average Bonchev–Trinajstić information content (AvgIpc) is 1.66. The van der Waals surface area contributed by atoms with Crippen LogP contribution in [0.2, 0.25) is 0 Å². The Balaban J connectivity index is -0.0000000245. The molecule has 0 aliphatic heterocycles. The van der Waals surface area contributed by atoms with Crippen LogP contribution in [0.15, 0.2) is 24.3 Å². The number of hydrogen-bond acceptors (Lipinski definition) is 1. The summed E-state index contributed by atoms with van der Waals surface area (Å²) in [5.74, 6) is -0.914. The van der Waals surface area contributed by atoms with Crippen molar-refractivity contribution < 1.29 is 73.3 Å². The van der Waals surface area contributed by atoms with Gasteiger partial charge in [-0.2, -0.15) is 0 Å². The Morgan fingerprint density at radius 3 is 2.30 bits per heavy atom. The van der Waals surface area contributed by atoms with E-state index in [1.54, 1.807) is 12.2 Å². The second kappa shape index (κ2) is 12.6. The molecule has 0 saturated carbocycles. The van der Waals surface area contributed by atoms with E-state index >= 15 is 0 Å². The van der Waals surface area contributed by atoms with Gasteiger partial charge in [-0.25, -0.2) is 4.79 Å². The first-order valence-corrected chi connectivity index (χ1v) is 2.29. The molecule has 0 spiro atoms. The predicted molar refractivity (Wildman–Crippen MR) is 34.9 cm³/mol. The summed E-state index contributed by atoms with van der Waals surface area (Å²) in [5.41, 5.74) is 0. The summed E-state index contributed by atoms with van der Waals surface area (Å²) in [5, 5.41) is 8.02. The van der Waals surface area contributed by atoms with Crippen molar-refractivity contribution in [3.05, 3.63) is 24.3 Å². The van der Waals surface area contributed by atoms with Crippen molar-refractivity contribution >= 4 is 5.97 Å². The first kappa shape index (κ1) is 17.2. The van der Waals surface area contributed by atoms with E-state index in [0.717, 1.165) is 6.08 Å². The third kappa shape index (κ3) is 16.0. The summed E-state index contributed by atoms with van der Waals surface area (Å²) >= 11 is 0. The summed E-state index contributed by atoms with van der Waals surface area (Å²) in [7, 11) is 0. The maximum Gasteiger partial charge on any atom is 1.00 e. The van der Waals surface area contributed by atoms with Crippen LogP contribution >= 0.6 is 0 Å². The molecule has 0 aromatic rings. The largest absolute Gasteiger partial charge is 1.00 e. The molecule has 0 aliphatic carbocycles. The molecule has 0 aromatic heterocycles. The Hall–Kier alpha value is 0.950. The third-order valence-electron chi connectivity index (χ3n) is 0.542. The van der Waals surface area contributed by atoms with Crippen molar-refractivity contribution in [1.29, 1.82) is 0 Å². The molecule has 0 rings (SSSR count). The van der Waals surface area contributed by atoms with Crippen LogP contribution in [0.5, 0.6) is 0 Å². The number of carboxylic acids is 1. The molecule has 1 N–H and O–H groups in total. The van der Waals surface area contributed by atoms with Gasteiger partial charge in [0.1, 0.15) is 0 Å². The molecule has 0 unspecified atom stereocenters. The van der Waals surface area contributed by atoms with Crippen molar-refractivity contribution in [3.63, 3.8) is 0 Å². The van der Waals surface area contributed by atoms with Gasteiger partial charge in [-0.1, -0.05) is 18.2 Å². The van der Waals surface area contributed by atoms with E-state index in [-0.39, 0.29) is 63.4 Å². The van der Waals surface area contributed by atoms with Crippen LogP contribution in [0.1, 0.15) is 11.2 Å². The zero-order chi connectivity index (χ0) is 6.41. The van der Waals surface area contributed by atoms with E-state index in [2.05, 4.69) is 0 Å². The van der Waals surface area contributed by atoms with Gasteiger partial charge >= 0.3 is 66.5 Å². The summed E-state index contributed by atoms with van der Waals surface area (Å²) < 4.78 is 0. The first-order valence-electron chi connectivity index (χ1n) is 2.29. The minimum absolute atomic E-state index is 0. The molecule has 0 radical (unpaired) electrons. The minimum Gasteiger partial charge on any atom is -1.00 e. The fourth-order valence-corrected chi connectivity index (χ4v) is 0.249. The van der Waals surface area contributed by atoms with Crippen LogP contribution in [0.25, 0.3) is 0 Å². The molecule has 0 fully saturated rings. The Kier molecular flexibility index (Phi) is 21.6. The first-order chi connectivity index (χ1) is 3.77. The summed E-state index contributed by atoms with van der Waals surface area (Å²) in [6.45, 7) is 1.83. The molecule has 0 bridgehead atoms. The molecular weight excluding hydrogens is 150 g/mol. The van der Waals surface area contributed by atoms with Crippen molar-refractivity contribution in [2.45, 2.75) is 6.92 Å². The zero-order valence-corrected chi connectivity index (χ0v) is 10.7. The molecular formula is C6H11Na2O2+. The van der Waals surface area contributed by atoms with Gasteiger partial charge in [0.15, 0.2) is 0 Å². The fraction of sp³-hybridized carbons (Fsp3) is 0.167. The van der Waals surface area contributed by atoms with E-state index in [1.165, 1.54) is 6.08 Å². The second-order valence-corrected chi connectivity index (χ2v) is 1.22. The Morgan fingerprint density at radius 1 is 1.50 bits per heavy atom.